The highest BCUT2D eigenvalue weighted by molar-refractivity contribution is 5.96. The van der Waals surface area contributed by atoms with Gasteiger partial charge in [-0.2, -0.15) is 0 Å². The van der Waals surface area contributed by atoms with Gasteiger partial charge in [-0.05, 0) is 37.9 Å². The van der Waals surface area contributed by atoms with Gasteiger partial charge in [0.2, 0.25) is 0 Å². The molecule has 0 atom stereocenters. The van der Waals surface area contributed by atoms with Gasteiger partial charge < -0.3 is 10.0 Å². The molecule has 0 radical (unpaired) electrons. The van der Waals surface area contributed by atoms with Crippen molar-refractivity contribution in [2.24, 2.45) is 0 Å². The molecule has 0 amide bonds. The fraction of sp³-hybridized carbons (Fsp3) is 0.417. The molecule has 3 nitrogen and oxygen atoms in total. The lowest BCUT2D eigenvalue weighted by atomic mass is 10.1. The molecule has 0 saturated carbocycles. The summed E-state index contributed by atoms with van der Waals surface area (Å²) in [5.74, 6) is 0.313. The molecule has 0 aromatic heterocycles. The van der Waals surface area contributed by atoms with Crippen LogP contribution in [0, 0.1) is 0 Å². The van der Waals surface area contributed by atoms with Crippen molar-refractivity contribution in [1.82, 2.24) is 4.90 Å². The molecule has 1 rings (SSSR count). The van der Waals surface area contributed by atoms with Crippen LogP contribution in [0.3, 0.4) is 0 Å². The van der Waals surface area contributed by atoms with Gasteiger partial charge in [0, 0.05) is 18.5 Å². The lowest BCUT2D eigenvalue weighted by molar-refractivity contribution is 0.0970. The van der Waals surface area contributed by atoms with Gasteiger partial charge in [0.25, 0.3) is 0 Å². The number of ketones is 1. The Kier molecular flexibility index (Phi) is 4.31. The zero-order valence-corrected chi connectivity index (χ0v) is 9.23. The topological polar surface area (TPSA) is 40.5 Å². The van der Waals surface area contributed by atoms with Gasteiger partial charge in [-0.25, -0.2) is 0 Å². The van der Waals surface area contributed by atoms with Gasteiger partial charge >= 0.3 is 0 Å². The van der Waals surface area contributed by atoms with Crippen LogP contribution >= 0.6 is 0 Å². The van der Waals surface area contributed by atoms with Gasteiger partial charge in [0.1, 0.15) is 5.75 Å². The van der Waals surface area contributed by atoms with Crippen molar-refractivity contribution >= 4 is 5.78 Å². The van der Waals surface area contributed by atoms with Crippen LogP contribution in [0.2, 0.25) is 0 Å². The van der Waals surface area contributed by atoms with Crippen LogP contribution in [0.15, 0.2) is 24.3 Å². The zero-order valence-electron chi connectivity index (χ0n) is 9.23. The number of Topliss-reactive ketones (excluding diaryl/α,β-unsaturated/α-hetero) is 1. The Morgan fingerprint density at radius 1 is 1.33 bits per heavy atom. The number of hydrogen-bond acceptors (Lipinski definition) is 3. The second-order valence-electron chi connectivity index (χ2n) is 3.62. The number of rotatable bonds is 5. The summed E-state index contributed by atoms with van der Waals surface area (Å²) in [7, 11) is 1.99. The number of carbonyl (C=O) groups is 1. The third-order valence-electron chi connectivity index (χ3n) is 2.45. The van der Waals surface area contributed by atoms with E-state index >= 15 is 0 Å². The van der Waals surface area contributed by atoms with Crippen LogP contribution in [0.1, 0.15) is 23.7 Å². The summed E-state index contributed by atoms with van der Waals surface area (Å²) in [4.78, 5) is 13.8. The lowest BCUT2D eigenvalue weighted by Crippen LogP contribution is -2.21. The Morgan fingerprint density at radius 2 is 1.93 bits per heavy atom. The van der Waals surface area contributed by atoms with E-state index in [0.717, 1.165) is 13.1 Å². The molecule has 1 aromatic rings. The second kappa shape index (κ2) is 5.51. The SMILES string of the molecule is CCN(C)CCC(=O)c1ccc(O)cc1. The van der Waals surface area contributed by atoms with E-state index in [9.17, 15) is 4.79 Å². The summed E-state index contributed by atoms with van der Waals surface area (Å²) in [5.41, 5.74) is 0.664. The lowest BCUT2D eigenvalue weighted by Gasteiger charge is -2.12. The Bertz CT molecular complexity index is 319. The minimum Gasteiger partial charge on any atom is -0.508 e. The van der Waals surface area contributed by atoms with Crippen molar-refractivity contribution in [1.29, 1.82) is 0 Å². The van der Waals surface area contributed by atoms with E-state index < -0.39 is 0 Å². The van der Waals surface area contributed by atoms with Crippen molar-refractivity contribution < 1.29 is 9.90 Å². The largest absolute Gasteiger partial charge is 0.508 e. The summed E-state index contributed by atoms with van der Waals surface area (Å²) < 4.78 is 0. The Balaban J connectivity index is 2.50. The minimum atomic E-state index is 0.121. The quantitative estimate of drug-likeness (QED) is 0.750. The molecule has 0 heterocycles. The molecule has 0 bridgehead atoms. The summed E-state index contributed by atoms with van der Waals surface area (Å²) in [6.07, 6.45) is 0.523. The van der Waals surface area contributed by atoms with Gasteiger partial charge in [0.05, 0.1) is 0 Å². The number of benzene rings is 1. The van der Waals surface area contributed by atoms with E-state index in [1.54, 1.807) is 12.1 Å². The molecule has 15 heavy (non-hydrogen) atoms. The van der Waals surface area contributed by atoms with Gasteiger partial charge in [-0.3, -0.25) is 4.79 Å². The minimum absolute atomic E-state index is 0.121. The molecular weight excluding hydrogens is 190 g/mol. The zero-order chi connectivity index (χ0) is 11.3. The van der Waals surface area contributed by atoms with E-state index in [0.29, 0.717) is 12.0 Å². The van der Waals surface area contributed by atoms with Crippen molar-refractivity contribution in [2.45, 2.75) is 13.3 Å². The average Bonchev–Trinajstić information content (AvgIpc) is 2.26. The molecule has 0 fully saturated rings. The Labute approximate surface area is 90.3 Å². The maximum absolute atomic E-state index is 11.7. The maximum atomic E-state index is 11.7. The number of hydrogen-bond donors (Lipinski definition) is 1. The highest BCUT2D eigenvalue weighted by Crippen LogP contribution is 2.11. The number of aromatic hydroxyl groups is 1. The van der Waals surface area contributed by atoms with E-state index in [2.05, 4.69) is 11.8 Å². The fourth-order valence-electron chi connectivity index (χ4n) is 1.24. The van der Waals surface area contributed by atoms with Crippen LogP contribution in [-0.2, 0) is 0 Å². The first-order valence-corrected chi connectivity index (χ1v) is 5.14. The van der Waals surface area contributed by atoms with Crippen LogP contribution in [0.4, 0.5) is 0 Å². The first kappa shape index (κ1) is 11.7. The third kappa shape index (κ3) is 3.72. The third-order valence-corrected chi connectivity index (χ3v) is 2.45. The summed E-state index contributed by atoms with van der Waals surface area (Å²) in [5, 5.41) is 9.08. The van der Waals surface area contributed by atoms with Crippen molar-refractivity contribution in [3.05, 3.63) is 29.8 Å². The predicted molar refractivity (Wildman–Crippen MR) is 60.2 cm³/mol. The van der Waals surface area contributed by atoms with E-state index in [-0.39, 0.29) is 11.5 Å². The molecule has 0 spiro atoms. The highest BCUT2D eigenvalue weighted by atomic mass is 16.3. The van der Waals surface area contributed by atoms with Gasteiger partial charge in [-0.1, -0.05) is 6.92 Å². The van der Waals surface area contributed by atoms with Gasteiger partial charge in [0.15, 0.2) is 5.78 Å². The maximum Gasteiger partial charge on any atom is 0.164 e. The molecule has 0 aliphatic heterocycles. The number of phenolic OH excluding ortho intramolecular Hbond substituents is 1. The standard InChI is InChI=1S/C12H17NO2/c1-3-13(2)9-8-12(15)10-4-6-11(14)7-5-10/h4-7,14H,3,8-9H2,1-2H3. The molecule has 0 saturated heterocycles. The normalized spacial score (nSPS) is 10.6. The predicted octanol–water partition coefficient (Wildman–Crippen LogP) is 1.92. The average molecular weight is 207 g/mol. The molecule has 0 aliphatic carbocycles. The first-order chi connectivity index (χ1) is 7.13. The number of phenols is 1. The van der Waals surface area contributed by atoms with Crippen LogP contribution in [-0.4, -0.2) is 35.9 Å². The summed E-state index contributed by atoms with van der Waals surface area (Å²) in [6, 6.07) is 6.39. The molecule has 0 unspecified atom stereocenters. The van der Waals surface area contributed by atoms with E-state index in [4.69, 9.17) is 5.11 Å². The number of nitrogens with zero attached hydrogens (tertiary/aromatic N) is 1. The number of carbonyl (C=O) groups excluding carboxylic acids is 1. The van der Waals surface area contributed by atoms with Crippen LogP contribution in [0.25, 0.3) is 0 Å². The monoisotopic (exact) mass is 207 g/mol. The molecular formula is C12H17NO2. The highest BCUT2D eigenvalue weighted by Gasteiger charge is 2.06. The van der Waals surface area contributed by atoms with Gasteiger partial charge in [-0.15, -0.1) is 0 Å². The molecule has 1 aromatic carbocycles. The van der Waals surface area contributed by atoms with Crippen molar-refractivity contribution in [3.63, 3.8) is 0 Å². The molecule has 1 N–H and O–H groups in total. The second-order valence-corrected chi connectivity index (χ2v) is 3.62. The smallest absolute Gasteiger partial charge is 0.164 e. The van der Waals surface area contributed by atoms with E-state index in [1.165, 1.54) is 12.1 Å². The first-order valence-electron chi connectivity index (χ1n) is 5.14. The molecule has 3 heteroatoms. The van der Waals surface area contributed by atoms with Crippen LogP contribution < -0.4 is 0 Å². The summed E-state index contributed by atoms with van der Waals surface area (Å²) >= 11 is 0. The van der Waals surface area contributed by atoms with Crippen molar-refractivity contribution in [3.8, 4) is 5.75 Å². The summed E-state index contributed by atoms with van der Waals surface area (Å²) in [6.45, 7) is 3.78. The molecule has 0 aliphatic rings. The Hall–Kier alpha value is -1.35. The fourth-order valence-corrected chi connectivity index (χ4v) is 1.24. The Morgan fingerprint density at radius 3 is 2.47 bits per heavy atom. The van der Waals surface area contributed by atoms with Crippen molar-refractivity contribution in [2.75, 3.05) is 20.1 Å². The van der Waals surface area contributed by atoms with Crippen LogP contribution in [0.5, 0.6) is 5.75 Å². The van der Waals surface area contributed by atoms with E-state index in [1.807, 2.05) is 7.05 Å². The molecule has 82 valence electrons.